The molecule has 4 heteroatoms. The highest BCUT2D eigenvalue weighted by atomic mass is 19.1. The average Bonchev–Trinajstić information content (AvgIpc) is 2.57. The molecule has 2 aromatic carbocycles. The molecule has 0 saturated carbocycles. The summed E-state index contributed by atoms with van der Waals surface area (Å²) in [7, 11) is 0. The zero-order valence-corrected chi connectivity index (χ0v) is 14.4. The Morgan fingerprint density at radius 3 is 2.17 bits per heavy atom. The molecule has 0 aromatic heterocycles. The van der Waals surface area contributed by atoms with Crippen LogP contribution in [0.15, 0.2) is 54.6 Å². The summed E-state index contributed by atoms with van der Waals surface area (Å²) in [6.07, 6.45) is 0. The molecule has 0 heterocycles. The molecule has 2 N–H and O–H groups in total. The van der Waals surface area contributed by atoms with Crippen LogP contribution in [-0.4, -0.2) is 12.5 Å². The maximum Gasteiger partial charge on any atom is 0.234 e. The molecular weight excluding hydrogens is 303 g/mol. The van der Waals surface area contributed by atoms with E-state index in [1.54, 1.807) is 12.1 Å². The summed E-state index contributed by atoms with van der Waals surface area (Å²) < 4.78 is 13.1. The summed E-state index contributed by atoms with van der Waals surface area (Å²) in [5.41, 5.74) is 2.06. The molecule has 0 fully saturated rings. The molecule has 3 nitrogen and oxygen atoms in total. The Kier molecular flexibility index (Phi) is 6.50. The van der Waals surface area contributed by atoms with E-state index in [1.807, 2.05) is 37.3 Å². The highest BCUT2D eigenvalue weighted by Crippen LogP contribution is 2.21. The Balaban J connectivity index is 1.92. The van der Waals surface area contributed by atoms with Crippen LogP contribution >= 0.6 is 0 Å². The quantitative estimate of drug-likeness (QED) is 0.807. The first-order valence-electron chi connectivity index (χ1n) is 8.30. The smallest absolute Gasteiger partial charge is 0.234 e. The lowest BCUT2D eigenvalue weighted by Crippen LogP contribution is -2.38. The van der Waals surface area contributed by atoms with Gasteiger partial charge in [0.05, 0.1) is 12.6 Å². The molecule has 0 saturated heterocycles. The minimum absolute atomic E-state index is 0.00313. The first kappa shape index (κ1) is 18.1. The third-order valence-electron chi connectivity index (χ3n) is 4.06. The number of benzene rings is 2. The molecule has 0 aliphatic rings. The van der Waals surface area contributed by atoms with Gasteiger partial charge >= 0.3 is 0 Å². The summed E-state index contributed by atoms with van der Waals surface area (Å²) in [6, 6.07) is 16.2. The van der Waals surface area contributed by atoms with Gasteiger partial charge in [0.25, 0.3) is 0 Å². The van der Waals surface area contributed by atoms with E-state index in [-0.39, 0.29) is 36.3 Å². The van der Waals surface area contributed by atoms with Crippen molar-refractivity contribution in [3.63, 3.8) is 0 Å². The lowest BCUT2D eigenvalue weighted by atomic mass is 9.96. The minimum atomic E-state index is -0.254. The predicted octanol–water partition coefficient (Wildman–Crippen LogP) is 3.99. The fourth-order valence-corrected chi connectivity index (χ4v) is 2.73. The van der Waals surface area contributed by atoms with E-state index < -0.39 is 0 Å². The van der Waals surface area contributed by atoms with Crippen LogP contribution in [-0.2, 0) is 4.79 Å². The average molecular weight is 328 g/mol. The predicted molar refractivity (Wildman–Crippen MR) is 95.0 cm³/mol. The van der Waals surface area contributed by atoms with E-state index in [1.165, 1.54) is 12.1 Å². The number of rotatable bonds is 7. The molecule has 0 aliphatic heterocycles. The first-order chi connectivity index (χ1) is 11.5. The van der Waals surface area contributed by atoms with Crippen molar-refractivity contribution in [3.8, 4) is 0 Å². The molecule has 2 atom stereocenters. The Morgan fingerprint density at radius 1 is 0.958 bits per heavy atom. The number of nitrogens with one attached hydrogen (secondary N) is 2. The van der Waals surface area contributed by atoms with E-state index in [2.05, 4.69) is 24.5 Å². The van der Waals surface area contributed by atoms with Gasteiger partial charge in [-0.1, -0.05) is 56.3 Å². The summed E-state index contributed by atoms with van der Waals surface area (Å²) in [5.74, 6) is -0.0235. The van der Waals surface area contributed by atoms with Crippen LogP contribution in [0.2, 0.25) is 0 Å². The van der Waals surface area contributed by atoms with Gasteiger partial charge in [0.15, 0.2) is 0 Å². The highest BCUT2D eigenvalue weighted by Gasteiger charge is 2.17. The number of carbonyl (C=O) groups excluding carboxylic acids is 1. The van der Waals surface area contributed by atoms with Crippen LogP contribution in [0, 0.1) is 11.7 Å². The normalized spacial score (nSPS) is 13.5. The molecule has 0 spiro atoms. The molecular formula is C20H25FN2O. The topological polar surface area (TPSA) is 41.1 Å². The van der Waals surface area contributed by atoms with Gasteiger partial charge in [-0.2, -0.15) is 0 Å². The second kappa shape index (κ2) is 8.60. The molecule has 0 bridgehead atoms. The summed E-state index contributed by atoms with van der Waals surface area (Å²) >= 11 is 0. The Labute approximate surface area is 143 Å². The standard InChI is InChI=1S/C20H25FN2O/c1-14(2)20(17-9-11-18(21)12-10-17)22-13-19(24)23-15(3)16-7-5-4-6-8-16/h4-12,14-15,20,22H,13H2,1-3H3,(H,23,24). The Hall–Kier alpha value is -2.20. The molecule has 0 aliphatic carbocycles. The van der Waals surface area contributed by atoms with Gasteiger partial charge < -0.3 is 10.6 Å². The van der Waals surface area contributed by atoms with Crippen molar-refractivity contribution >= 4 is 5.91 Å². The molecule has 0 radical (unpaired) electrons. The van der Waals surface area contributed by atoms with Gasteiger partial charge in [0, 0.05) is 6.04 Å². The van der Waals surface area contributed by atoms with Gasteiger partial charge in [0.2, 0.25) is 5.91 Å². The number of hydrogen-bond donors (Lipinski definition) is 2. The van der Waals surface area contributed by atoms with E-state index in [4.69, 9.17) is 0 Å². The van der Waals surface area contributed by atoms with Crippen molar-refractivity contribution in [2.45, 2.75) is 32.9 Å². The van der Waals surface area contributed by atoms with Crippen LogP contribution < -0.4 is 10.6 Å². The maximum absolute atomic E-state index is 13.1. The Bertz CT molecular complexity index is 640. The van der Waals surface area contributed by atoms with Crippen LogP contribution in [0.1, 0.15) is 44.0 Å². The van der Waals surface area contributed by atoms with Crippen molar-refractivity contribution in [1.29, 1.82) is 0 Å². The largest absolute Gasteiger partial charge is 0.348 e. The van der Waals surface area contributed by atoms with E-state index >= 15 is 0 Å². The van der Waals surface area contributed by atoms with Crippen molar-refractivity contribution in [2.75, 3.05) is 6.54 Å². The van der Waals surface area contributed by atoms with E-state index in [0.29, 0.717) is 0 Å². The first-order valence-corrected chi connectivity index (χ1v) is 8.30. The molecule has 1 amide bonds. The second-order valence-corrected chi connectivity index (χ2v) is 6.35. The van der Waals surface area contributed by atoms with Crippen molar-refractivity contribution < 1.29 is 9.18 Å². The lowest BCUT2D eigenvalue weighted by Gasteiger charge is -2.23. The van der Waals surface area contributed by atoms with E-state index in [9.17, 15) is 9.18 Å². The van der Waals surface area contributed by atoms with Gasteiger partial charge in [-0.25, -0.2) is 4.39 Å². The lowest BCUT2D eigenvalue weighted by molar-refractivity contribution is -0.121. The fraction of sp³-hybridized carbons (Fsp3) is 0.350. The van der Waals surface area contributed by atoms with Crippen LogP contribution in [0.3, 0.4) is 0 Å². The van der Waals surface area contributed by atoms with Gasteiger partial charge in [-0.05, 0) is 36.1 Å². The number of halogens is 1. The molecule has 2 unspecified atom stereocenters. The summed E-state index contributed by atoms with van der Waals surface area (Å²) in [6.45, 7) is 6.33. The second-order valence-electron chi connectivity index (χ2n) is 6.35. The maximum atomic E-state index is 13.1. The molecule has 24 heavy (non-hydrogen) atoms. The van der Waals surface area contributed by atoms with Crippen molar-refractivity contribution in [1.82, 2.24) is 10.6 Å². The van der Waals surface area contributed by atoms with Crippen LogP contribution in [0.5, 0.6) is 0 Å². The van der Waals surface area contributed by atoms with Crippen LogP contribution in [0.4, 0.5) is 4.39 Å². The molecule has 2 rings (SSSR count). The highest BCUT2D eigenvalue weighted by molar-refractivity contribution is 5.78. The monoisotopic (exact) mass is 328 g/mol. The number of hydrogen-bond acceptors (Lipinski definition) is 2. The summed E-state index contributed by atoms with van der Waals surface area (Å²) in [4.78, 5) is 12.2. The molecule has 128 valence electrons. The zero-order valence-electron chi connectivity index (χ0n) is 14.4. The van der Waals surface area contributed by atoms with Crippen molar-refractivity contribution in [3.05, 3.63) is 71.5 Å². The third-order valence-corrected chi connectivity index (χ3v) is 4.06. The zero-order chi connectivity index (χ0) is 17.5. The van der Waals surface area contributed by atoms with Crippen LogP contribution in [0.25, 0.3) is 0 Å². The third kappa shape index (κ3) is 5.17. The van der Waals surface area contributed by atoms with Gasteiger partial charge in [-0.3, -0.25) is 4.79 Å². The number of amides is 1. The van der Waals surface area contributed by atoms with E-state index in [0.717, 1.165) is 11.1 Å². The van der Waals surface area contributed by atoms with Gasteiger partial charge in [0.1, 0.15) is 5.82 Å². The summed E-state index contributed by atoms with van der Waals surface area (Å²) in [5, 5.41) is 6.27. The Morgan fingerprint density at radius 2 is 1.58 bits per heavy atom. The molecule has 2 aromatic rings. The van der Waals surface area contributed by atoms with Gasteiger partial charge in [-0.15, -0.1) is 0 Å². The van der Waals surface area contributed by atoms with Crippen molar-refractivity contribution in [2.24, 2.45) is 5.92 Å². The minimum Gasteiger partial charge on any atom is -0.348 e. The fourth-order valence-electron chi connectivity index (χ4n) is 2.73. The SMILES string of the molecule is CC(NC(=O)CNC(c1ccc(F)cc1)C(C)C)c1ccccc1. The number of carbonyl (C=O) groups is 1.